The summed E-state index contributed by atoms with van der Waals surface area (Å²) in [7, 11) is -2.53. The highest BCUT2D eigenvalue weighted by Gasteiger charge is 2.28. The van der Waals surface area contributed by atoms with Crippen molar-refractivity contribution in [2.24, 2.45) is 0 Å². The lowest BCUT2D eigenvalue weighted by molar-refractivity contribution is -0.119. The number of halogens is 1. The van der Waals surface area contributed by atoms with Crippen LogP contribution in [0.5, 0.6) is 0 Å². The lowest BCUT2D eigenvalue weighted by Crippen LogP contribution is -2.28. The first-order chi connectivity index (χ1) is 14.7. The number of rotatable bonds is 7. The second kappa shape index (κ2) is 9.77. The van der Waals surface area contributed by atoms with Crippen molar-refractivity contribution < 1.29 is 32.3 Å². The van der Waals surface area contributed by atoms with Crippen LogP contribution in [0.2, 0.25) is 5.02 Å². The Kier molecular flexibility index (Phi) is 7.31. The highest BCUT2D eigenvalue weighted by molar-refractivity contribution is 7.89. The quantitative estimate of drug-likeness (QED) is 0.597. The van der Waals surface area contributed by atoms with Gasteiger partial charge >= 0.3 is 11.9 Å². The molecule has 1 saturated heterocycles. The molecule has 1 aromatic heterocycles. The molecule has 0 spiro atoms. The third kappa shape index (κ3) is 5.24. The van der Waals surface area contributed by atoms with Crippen LogP contribution in [0.1, 0.15) is 32.9 Å². The first kappa shape index (κ1) is 23.2. The van der Waals surface area contributed by atoms with Gasteiger partial charge in [0, 0.05) is 13.1 Å². The normalized spacial score (nSPS) is 14.3. The van der Waals surface area contributed by atoms with Gasteiger partial charge in [-0.25, -0.2) is 18.0 Å². The molecule has 31 heavy (non-hydrogen) atoms. The molecule has 0 unspecified atom stereocenters. The Morgan fingerprint density at radius 2 is 1.87 bits per heavy atom. The van der Waals surface area contributed by atoms with Gasteiger partial charge in [-0.05, 0) is 42.5 Å². The molecule has 12 heteroatoms. The second-order valence-corrected chi connectivity index (χ2v) is 9.79. The SMILES string of the molecule is COC(=O)c1sccc1NC(=O)COC(=O)c1cc(S(=O)(=O)N2CCCC2)ccc1Cl. The van der Waals surface area contributed by atoms with Gasteiger partial charge in [-0.3, -0.25) is 4.79 Å². The van der Waals surface area contributed by atoms with Crippen molar-refractivity contribution in [2.45, 2.75) is 17.7 Å². The van der Waals surface area contributed by atoms with Gasteiger partial charge in [0.05, 0.1) is 28.3 Å². The van der Waals surface area contributed by atoms with Gasteiger partial charge < -0.3 is 14.8 Å². The number of hydrogen-bond donors (Lipinski definition) is 1. The average molecular weight is 487 g/mol. The van der Waals surface area contributed by atoms with E-state index in [0.717, 1.165) is 30.2 Å². The molecule has 1 aromatic carbocycles. The Bertz CT molecular complexity index is 1110. The molecule has 2 aromatic rings. The summed E-state index contributed by atoms with van der Waals surface area (Å²) >= 11 is 7.13. The molecule has 9 nitrogen and oxygen atoms in total. The smallest absolute Gasteiger partial charge is 0.350 e. The molecule has 1 N–H and O–H groups in total. The fourth-order valence-electron chi connectivity index (χ4n) is 2.95. The number of sulfonamides is 1. The van der Waals surface area contributed by atoms with E-state index in [0.29, 0.717) is 13.1 Å². The van der Waals surface area contributed by atoms with Gasteiger partial charge in [-0.2, -0.15) is 4.31 Å². The minimum Gasteiger partial charge on any atom is -0.465 e. The zero-order chi connectivity index (χ0) is 22.6. The van der Waals surface area contributed by atoms with Crippen LogP contribution in [0, 0.1) is 0 Å². The fraction of sp³-hybridized carbons (Fsp3) is 0.316. The molecule has 1 amide bonds. The van der Waals surface area contributed by atoms with Crippen LogP contribution in [-0.2, 0) is 24.3 Å². The Hall–Kier alpha value is -2.47. The summed E-state index contributed by atoms with van der Waals surface area (Å²) in [6.07, 6.45) is 1.55. The third-order valence-electron chi connectivity index (χ3n) is 4.51. The zero-order valence-electron chi connectivity index (χ0n) is 16.4. The highest BCUT2D eigenvalue weighted by atomic mass is 35.5. The van der Waals surface area contributed by atoms with E-state index in [1.807, 2.05) is 0 Å². The summed E-state index contributed by atoms with van der Waals surface area (Å²) in [6.45, 7) is 0.177. The Labute approximate surface area is 187 Å². The van der Waals surface area contributed by atoms with Crippen molar-refractivity contribution in [1.29, 1.82) is 0 Å². The van der Waals surface area contributed by atoms with Crippen molar-refractivity contribution in [1.82, 2.24) is 4.31 Å². The number of ether oxygens (including phenoxy) is 2. The van der Waals surface area contributed by atoms with Crippen molar-refractivity contribution in [3.8, 4) is 0 Å². The second-order valence-electron chi connectivity index (χ2n) is 6.53. The molecule has 2 heterocycles. The maximum absolute atomic E-state index is 12.7. The van der Waals surface area contributed by atoms with Crippen molar-refractivity contribution in [2.75, 3.05) is 32.1 Å². The lowest BCUT2D eigenvalue weighted by Gasteiger charge is -2.16. The predicted molar refractivity (Wildman–Crippen MR) is 114 cm³/mol. The van der Waals surface area contributed by atoms with E-state index in [2.05, 4.69) is 10.1 Å². The van der Waals surface area contributed by atoms with E-state index in [1.165, 1.54) is 29.6 Å². The summed E-state index contributed by atoms with van der Waals surface area (Å²) < 4.78 is 36.4. The number of nitrogens with zero attached hydrogens (tertiary/aromatic N) is 1. The van der Waals surface area contributed by atoms with Crippen molar-refractivity contribution >= 4 is 56.5 Å². The van der Waals surface area contributed by atoms with E-state index < -0.39 is 34.5 Å². The summed E-state index contributed by atoms with van der Waals surface area (Å²) in [4.78, 5) is 36.3. The van der Waals surface area contributed by atoms with Gasteiger partial charge in [0.2, 0.25) is 10.0 Å². The first-order valence-corrected chi connectivity index (χ1v) is 11.9. The Balaban J connectivity index is 1.67. The van der Waals surface area contributed by atoms with E-state index in [4.69, 9.17) is 16.3 Å². The first-order valence-electron chi connectivity index (χ1n) is 9.16. The van der Waals surface area contributed by atoms with Gasteiger partial charge in [0.1, 0.15) is 4.88 Å². The summed E-state index contributed by atoms with van der Waals surface area (Å²) in [5.41, 5.74) is 0.0650. The predicted octanol–water partition coefficient (Wildman–Crippen LogP) is 2.77. The van der Waals surface area contributed by atoms with Crippen LogP contribution in [0.25, 0.3) is 0 Å². The average Bonchev–Trinajstić information content (AvgIpc) is 3.44. The molecule has 3 rings (SSSR count). The van der Waals surface area contributed by atoms with Crippen LogP contribution in [0.15, 0.2) is 34.5 Å². The molecule has 1 aliphatic rings. The zero-order valence-corrected chi connectivity index (χ0v) is 18.8. The van der Waals surface area contributed by atoms with Gasteiger partial charge in [-0.1, -0.05) is 11.6 Å². The lowest BCUT2D eigenvalue weighted by atomic mass is 10.2. The van der Waals surface area contributed by atoms with E-state index in [-0.39, 0.29) is 26.0 Å². The molecule has 0 atom stereocenters. The molecule has 0 saturated carbocycles. The number of thiophene rings is 1. The molecular weight excluding hydrogens is 468 g/mol. The van der Waals surface area contributed by atoms with Crippen molar-refractivity contribution in [3.05, 3.63) is 45.1 Å². The topological polar surface area (TPSA) is 119 Å². The summed E-state index contributed by atoms with van der Waals surface area (Å²) in [5.74, 6) is -2.24. The molecule has 0 bridgehead atoms. The minimum atomic E-state index is -3.75. The Morgan fingerprint density at radius 3 is 2.55 bits per heavy atom. The van der Waals surface area contributed by atoms with Crippen LogP contribution in [0.4, 0.5) is 5.69 Å². The van der Waals surface area contributed by atoms with E-state index >= 15 is 0 Å². The number of methoxy groups -OCH3 is 1. The molecule has 0 aliphatic carbocycles. The van der Waals surface area contributed by atoms with Crippen LogP contribution in [-0.4, -0.2) is 57.4 Å². The monoisotopic (exact) mass is 486 g/mol. The summed E-state index contributed by atoms with van der Waals surface area (Å²) in [6, 6.07) is 5.28. The molecule has 1 fully saturated rings. The molecule has 0 radical (unpaired) electrons. The highest BCUT2D eigenvalue weighted by Crippen LogP contribution is 2.26. The fourth-order valence-corrected chi connectivity index (χ4v) is 5.46. The number of benzene rings is 1. The summed E-state index contributed by atoms with van der Waals surface area (Å²) in [5, 5.41) is 4.05. The number of carbonyl (C=O) groups is 3. The van der Waals surface area contributed by atoms with Crippen LogP contribution >= 0.6 is 22.9 Å². The van der Waals surface area contributed by atoms with E-state index in [9.17, 15) is 22.8 Å². The van der Waals surface area contributed by atoms with Crippen LogP contribution < -0.4 is 5.32 Å². The standard InChI is InChI=1S/C19H19ClN2O7S2/c1-28-19(25)17-15(6-9-30-17)21-16(23)11-29-18(24)13-10-12(4-5-14(13)20)31(26,27)22-7-2-3-8-22/h4-6,9-10H,2-3,7-8,11H2,1H3,(H,21,23). The molecular formula is C19H19ClN2O7S2. The number of esters is 2. The number of hydrogen-bond acceptors (Lipinski definition) is 8. The minimum absolute atomic E-state index is 0.00316. The van der Waals surface area contributed by atoms with Crippen LogP contribution in [0.3, 0.4) is 0 Å². The Morgan fingerprint density at radius 1 is 1.16 bits per heavy atom. The third-order valence-corrected chi connectivity index (χ3v) is 7.62. The van der Waals surface area contributed by atoms with Gasteiger partial charge in [0.15, 0.2) is 6.61 Å². The maximum Gasteiger partial charge on any atom is 0.350 e. The maximum atomic E-state index is 12.7. The van der Waals surface area contributed by atoms with E-state index in [1.54, 1.807) is 5.38 Å². The van der Waals surface area contributed by atoms with Gasteiger partial charge in [-0.15, -0.1) is 11.3 Å². The molecule has 1 aliphatic heterocycles. The van der Waals surface area contributed by atoms with Gasteiger partial charge in [0.25, 0.3) is 5.91 Å². The number of amides is 1. The number of nitrogens with one attached hydrogen (secondary N) is 1. The number of anilines is 1. The number of carbonyl (C=O) groups excluding carboxylic acids is 3. The largest absolute Gasteiger partial charge is 0.465 e. The van der Waals surface area contributed by atoms with Crippen molar-refractivity contribution in [3.63, 3.8) is 0 Å². The molecule has 166 valence electrons.